The quantitative estimate of drug-likeness (QED) is 0.854. The Morgan fingerprint density at radius 2 is 2.00 bits per heavy atom. The van der Waals surface area contributed by atoms with E-state index in [0.717, 1.165) is 11.3 Å². The SMILES string of the molecule is CN(C)C(=O)c1ccn(-c2ccccc2C(N)=S)n1. The first-order chi connectivity index (χ1) is 9.00. The molecule has 5 nitrogen and oxygen atoms in total. The first kappa shape index (κ1) is 13.2. The van der Waals surface area contributed by atoms with Gasteiger partial charge in [0.05, 0.1) is 5.69 Å². The zero-order valence-corrected chi connectivity index (χ0v) is 11.5. The number of rotatable bonds is 3. The molecule has 1 aromatic heterocycles. The first-order valence-electron chi connectivity index (χ1n) is 5.67. The number of nitrogens with zero attached hydrogens (tertiary/aromatic N) is 3. The smallest absolute Gasteiger partial charge is 0.273 e. The van der Waals surface area contributed by atoms with Gasteiger partial charge in [-0.15, -0.1) is 0 Å². The molecule has 0 bridgehead atoms. The van der Waals surface area contributed by atoms with Gasteiger partial charge in [-0.1, -0.05) is 24.4 Å². The van der Waals surface area contributed by atoms with E-state index in [0.29, 0.717) is 10.7 Å². The van der Waals surface area contributed by atoms with Gasteiger partial charge in [-0.05, 0) is 18.2 Å². The van der Waals surface area contributed by atoms with Crippen LogP contribution in [-0.4, -0.2) is 39.7 Å². The van der Waals surface area contributed by atoms with Gasteiger partial charge in [0.25, 0.3) is 5.91 Å². The molecule has 1 aromatic carbocycles. The molecule has 0 aliphatic heterocycles. The lowest BCUT2D eigenvalue weighted by molar-refractivity contribution is 0.0821. The minimum Gasteiger partial charge on any atom is -0.389 e. The van der Waals surface area contributed by atoms with Crippen molar-refractivity contribution in [3.8, 4) is 5.69 Å². The number of amides is 1. The third kappa shape index (κ3) is 2.63. The van der Waals surface area contributed by atoms with Crippen LogP contribution in [0.4, 0.5) is 0 Å². The van der Waals surface area contributed by atoms with Crippen molar-refractivity contribution in [2.24, 2.45) is 5.73 Å². The van der Waals surface area contributed by atoms with E-state index in [9.17, 15) is 4.79 Å². The van der Waals surface area contributed by atoms with Crippen LogP contribution in [0.3, 0.4) is 0 Å². The molecule has 0 atom stereocenters. The van der Waals surface area contributed by atoms with E-state index in [1.165, 1.54) is 4.90 Å². The maximum Gasteiger partial charge on any atom is 0.273 e. The average Bonchev–Trinajstić information content (AvgIpc) is 2.87. The van der Waals surface area contributed by atoms with Crippen molar-refractivity contribution in [3.05, 3.63) is 47.8 Å². The lowest BCUT2D eigenvalue weighted by Crippen LogP contribution is -2.22. The minimum absolute atomic E-state index is 0.147. The number of hydrogen-bond donors (Lipinski definition) is 1. The van der Waals surface area contributed by atoms with Crippen LogP contribution in [0.15, 0.2) is 36.5 Å². The first-order valence-corrected chi connectivity index (χ1v) is 6.08. The largest absolute Gasteiger partial charge is 0.389 e. The Balaban J connectivity index is 2.44. The van der Waals surface area contributed by atoms with Gasteiger partial charge >= 0.3 is 0 Å². The molecule has 2 rings (SSSR count). The Kier molecular flexibility index (Phi) is 3.62. The van der Waals surface area contributed by atoms with Crippen molar-refractivity contribution in [1.29, 1.82) is 0 Å². The molecule has 0 aliphatic carbocycles. The summed E-state index contributed by atoms with van der Waals surface area (Å²) in [7, 11) is 3.37. The molecule has 98 valence electrons. The highest BCUT2D eigenvalue weighted by atomic mass is 32.1. The van der Waals surface area contributed by atoms with Crippen molar-refractivity contribution in [1.82, 2.24) is 14.7 Å². The van der Waals surface area contributed by atoms with Crippen LogP contribution < -0.4 is 5.73 Å². The van der Waals surface area contributed by atoms with E-state index >= 15 is 0 Å². The van der Waals surface area contributed by atoms with Crippen LogP contribution >= 0.6 is 12.2 Å². The molecule has 2 aromatic rings. The normalized spacial score (nSPS) is 10.2. The van der Waals surface area contributed by atoms with Crippen molar-refractivity contribution in [3.63, 3.8) is 0 Å². The number of nitrogens with two attached hydrogens (primary N) is 1. The lowest BCUT2D eigenvalue weighted by atomic mass is 10.2. The second kappa shape index (κ2) is 5.19. The Morgan fingerprint density at radius 3 is 2.63 bits per heavy atom. The summed E-state index contributed by atoms with van der Waals surface area (Å²) in [4.78, 5) is 13.6. The second-order valence-corrected chi connectivity index (χ2v) is 4.67. The summed E-state index contributed by atoms with van der Waals surface area (Å²) >= 11 is 5.01. The van der Waals surface area contributed by atoms with E-state index in [4.69, 9.17) is 18.0 Å². The molecule has 1 amide bonds. The summed E-state index contributed by atoms with van der Waals surface area (Å²) in [6.07, 6.45) is 1.72. The zero-order valence-electron chi connectivity index (χ0n) is 10.7. The molecule has 19 heavy (non-hydrogen) atoms. The van der Waals surface area contributed by atoms with Crippen molar-refractivity contribution in [2.45, 2.75) is 0 Å². The fourth-order valence-electron chi connectivity index (χ4n) is 1.68. The minimum atomic E-state index is -0.147. The maximum atomic E-state index is 11.8. The fraction of sp³-hybridized carbons (Fsp3) is 0.154. The molecule has 0 saturated carbocycles. The third-order valence-electron chi connectivity index (χ3n) is 2.63. The monoisotopic (exact) mass is 274 g/mol. The van der Waals surface area contributed by atoms with Gasteiger partial charge in [0.2, 0.25) is 0 Å². The molecule has 0 aliphatic rings. The molecule has 1 heterocycles. The van der Waals surface area contributed by atoms with Gasteiger partial charge in [0.1, 0.15) is 4.99 Å². The molecular weight excluding hydrogens is 260 g/mol. The van der Waals surface area contributed by atoms with Gasteiger partial charge in [0.15, 0.2) is 5.69 Å². The summed E-state index contributed by atoms with van der Waals surface area (Å²) in [5, 5.41) is 4.26. The third-order valence-corrected chi connectivity index (χ3v) is 2.85. The van der Waals surface area contributed by atoms with E-state index in [1.807, 2.05) is 24.3 Å². The molecule has 2 N–H and O–H groups in total. The fourth-order valence-corrected chi connectivity index (χ4v) is 1.86. The predicted molar refractivity (Wildman–Crippen MR) is 77.5 cm³/mol. The molecular formula is C13H14N4OS. The predicted octanol–water partition coefficient (Wildman–Crippen LogP) is 1.21. The van der Waals surface area contributed by atoms with E-state index in [2.05, 4.69) is 5.10 Å². The van der Waals surface area contributed by atoms with E-state index in [-0.39, 0.29) is 5.91 Å². The molecule has 6 heteroatoms. The number of para-hydroxylation sites is 1. The van der Waals surface area contributed by atoms with Crippen LogP contribution in [-0.2, 0) is 0 Å². The molecule has 0 unspecified atom stereocenters. The number of aromatic nitrogens is 2. The second-order valence-electron chi connectivity index (χ2n) is 4.23. The Hall–Kier alpha value is -2.21. The van der Waals surface area contributed by atoms with Crippen molar-refractivity contribution >= 4 is 23.1 Å². The Labute approximate surface area is 116 Å². The average molecular weight is 274 g/mol. The molecule has 0 fully saturated rings. The highest BCUT2D eigenvalue weighted by molar-refractivity contribution is 7.80. The Morgan fingerprint density at radius 1 is 1.32 bits per heavy atom. The van der Waals surface area contributed by atoms with Gasteiger partial charge in [-0.25, -0.2) is 4.68 Å². The van der Waals surface area contributed by atoms with Gasteiger partial charge in [0, 0.05) is 25.9 Å². The summed E-state index contributed by atoms with van der Waals surface area (Å²) < 4.78 is 1.60. The van der Waals surface area contributed by atoms with Crippen molar-refractivity contribution in [2.75, 3.05) is 14.1 Å². The van der Waals surface area contributed by atoms with Gasteiger partial charge in [-0.2, -0.15) is 5.10 Å². The molecule has 0 saturated heterocycles. The summed E-state index contributed by atoms with van der Waals surface area (Å²) in [5.41, 5.74) is 7.54. The highest BCUT2D eigenvalue weighted by Gasteiger charge is 2.13. The topological polar surface area (TPSA) is 64.2 Å². The van der Waals surface area contributed by atoms with Crippen LogP contribution in [0, 0.1) is 0 Å². The van der Waals surface area contributed by atoms with Crippen molar-refractivity contribution < 1.29 is 4.79 Å². The maximum absolute atomic E-state index is 11.8. The van der Waals surface area contributed by atoms with Gasteiger partial charge in [-0.3, -0.25) is 4.79 Å². The number of benzene rings is 1. The number of thiocarbonyl (C=S) groups is 1. The highest BCUT2D eigenvalue weighted by Crippen LogP contribution is 2.14. The Bertz CT molecular complexity index is 633. The van der Waals surface area contributed by atoms with Crippen LogP contribution in [0.5, 0.6) is 0 Å². The van der Waals surface area contributed by atoms with Crippen LogP contribution in [0.25, 0.3) is 5.69 Å². The zero-order chi connectivity index (χ0) is 14.0. The lowest BCUT2D eigenvalue weighted by Gasteiger charge is -2.09. The molecule has 0 spiro atoms. The van der Waals surface area contributed by atoms with Crippen LogP contribution in [0.1, 0.15) is 16.1 Å². The summed E-state index contributed by atoms with van der Waals surface area (Å²) in [5.74, 6) is -0.147. The standard InChI is InChI=1S/C13H14N4OS/c1-16(2)13(18)10-7-8-17(15-10)11-6-4-3-5-9(11)12(14)19/h3-8H,1-2H3,(H2,14,19). The summed E-state index contributed by atoms with van der Waals surface area (Å²) in [6.45, 7) is 0. The summed E-state index contributed by atoms with van der Waals surface area (Å²) in [6, 6.07) is 9.07. The van der Waals surface area contributed by atoms with Gasteiger partial charge < -0.3 is 10.6 Å². The van der Waals surface area contributed by atoms with E-state index in [1.54, 1.807) is 31.0 Å². The number of carbonyl (C=O) groups is 1. The van der Waals surface area contributed by atoms with Crippen LogP contribution in [0.2, 0.25) is 0 Å². The number of carbonyl (C=O) groups excluding carboxylic acids is 1. The molecule has 0 radical (unpaired) electrons. The van der Waals surface area contributed by atoms with E-state index < -0.39 is 0 Å². The number of hydrogen-bond acceptors (Lipinski definition) is 3.